The van der Waals surface area contributed by atoms with Crippen LogP contribution in [0.1, 0.15) is 79.6 Å². The van der Waals surface area contributed by atoms with Gasteiger partial charge in [0.15, 0.2) is 6.10 Å². The number of hydrogen-bond acceptors (Lipinski definition) is 7. The number of carboxylic acids is 1. The van der Waals surface area contributed by atoms with Crippen LogP contribution in [0.3, 0.4) is 0 Å². The van der Waals surface area contributed by atoms with Crippen LogP contribution in [0.4, 0.5) is 0 Å². The molecule has 38 heavy (non-hydrogen) atoms. The van der Waals surface area contributed by atoms with Crippen LogP contribution in [-0.4, -0.2) is 99.0 Å². The lowest BCUT2D eigenvalue weighted by Gasteiger charge is -2.40. The summed E-state index contributed by atoms with van der Waals surface area (Å²) in [5, 5.41) is 34.4. The number of amides is 2. The van der Waals surface area contributed by atoms with Crippen LogP contribution in [0.5, 0.6) is 0 Å². The van der Waals surface area contributed by atoms with Crippen LogP contribution < -0.4 is 5.73 Å². The topological polar surface area (TPSA) is 165 Å². The molecule has 1 aromatic carbocycles. The van der Waals surface area contributed by atoms with Gasteiger partial charge in [0.25, 0.3) is 5.91 Å². The first-order chi connectivity index (χ1) is 18.2. The molecule has 1 aromatic rings. The molecular formula is C28H43N3O7. The van der Waals surface area contributed by atoms with Crippen LogP contribution in [0.15, 0.2) is 24.3 Å². The predicted octanol–water partition coefficient (Wildman–Crippen LogP) is 1.32. The highest BCUT2D eigenvalue weighted by molar-refractivity contribution is 5.92. The van der Waals surface area contributed by atoms with E-state index in [0.717, 1.165) is 45.1 Å². The molecule has 2 heterocycles. The van der Waals surface area contributed by atoms with Gasteiger partial charge >= 0.3 is 5.97 Å². The zero-order valence-electron chi connectivity index (χ0n) is 22.1. The van der Waals surface area contributed by atoms with Crippen LogP contribution in [0.25, 0.3) is 0 Å². The average molecular weight is 534 g/mol. The van der Waals surface area contributed by atoms with Crippen molar-refractivity contribution in [3.63, 3.8) is 0 Å². The van der Waals surface area contributed by atoms with Crippen molar-refractivity contribution in [2.24, 2.45) is 11.7 Å². The number of carbonyl (C=O) groups is 3. The van der Waals surface area contributed by atoms with E-state index in [0.29, 0.717) is 42.6 Å². The molecule has 2 saturated heterocycles. The molecule has 3 fully saturated rings. The van der Waals surface area contributed by atoms with Crippen molar-refractivity contribution in [2.45, 2.75) is 81.9 Å². The van der Waals surface area contributed by atoms with Crippen molar-refractivity contribution in [3.05, 3.63) is 35.4 Å². The Morgan fingerprint density at radius 2 is 1.66 bits per heavy atom. The molecule has 2 aliphatic heterocycles. The first-order valence-electron chi connectivity index (χ1n) is 13.8. The molecule has 2 bridgehead atoms. The van der Waals surface area contributed by atoms with E-state index in [2.05, 4.69) is 11.0 Å². The van der Waals surface area contributed by atoms with E-state index in [1.54, 1.807) is 11.0 Å². The SMILES string of the molecule is NC(=O)c1cccc(C2C[C@H]3CC[C@@H](C2)N3CCN(CC2CCCCC2)C(=O)[C@@H](O)CO)c1.O=C(O)CO. The van der Waals surface area contributed by atoms with Crippen molar-refractivity contribution in [1.82, 2.24) is 9.80 Å². The first-order valence-corrected chi connectivity index (χ1v) is 13.8. The normalized spacial score (nSPS) is 24.2. The van der Waals surface area contributed by atoms with Gasteiger partial charge in [-0.05, 0) is 68.1 Å². The minimum atomic E-state index is -1.33. The molecule has 0 spiro atoms. The number of primary amides is 1. The van der Waals surface area contributed by atoms with Crippen LogP contribution in [0.2, 0.25) is 0 Å². The van der Waals surface area contributed by atoms with E-state index in [-0.39, 0.29) is 11.8 Å². The second kappa shape index (κ2) is 14.6. The number of hydrogen-bond donors (Lipinski definition) is 5. The van der Waals surface area contributed by atoms with Gasteiger partial charge in [-0.3, -0.25) is 14.5 Å². The standard InChI is InChI=1S/C26H39N3O4.C2H4O3/c27-25(32)20-8-4-7-19(13-20)21-14-22-9-10-23(15-21)29(22)12-11-28(26(33)24(31)17-30)16-18-5-2-1-3-6-18;3-1-2(4)5/h4,7-8,13,18,21-24,30-31H,1-3,5-6,9-12,14-17H2,(H2,27,32);3H,1H2,(H,4,5)/t21?,22-,23+,24-;/m0./s1. The van der Waals surface area contributed by atoms with Gasteiger partial charge < -0.3 is 31.1 Å². The number of carboxylic acid groups (broad SMARTS) is 1. The number of aliphatic hydroxyl groups is 3. The van der Waals surface area contributed by atoms with Crippen molar-refractivity contribution in [2.75, 3.05) is 32.8 Å². The Bertz CT molecular complexity index is 923. The number of benzene rings is 1. The molecule has 4 rings (SSSR count). The number of piperidine rings is 1. The summed E-state index contributed by atoms with van der Waals surface area (Å²) >= 11 is 0. The number of nitrogens with zero attached hydrogens (tertiary/aromatic N) is 2. The third-order valence-electron chi connectivity index (χ3n) is 8.26. The highest BCUT2D eigenvalue weighted by Crippen LogP contribution is 2.43. The Hall–Kier alpha value is -2.53. The second-order valence-electron chi connectivity index (χ2n) is 10.8. The van der Waals surface area contributed by atoms with Gasteiger partial charge in [0, 0.05) is 37.3 Å². The molecule has 6 N–H and O–H groups in total. The Morgan fingerprint density at radius 1 is 1.03 bits per heavy atom. The van der Waals surface area contributed by atoms with Gasteiger partial charge in [-0.1, -0.05) is 31.4 Å². The van der Waals surface area contributed by atoms with Gasteiger partial charge in [0.05, 0.1) is 6.61 Å². The monoisotopic (exact) mass is 533 g/mol. The summed E-state index contributed by atoms with van der Waals surface area (Å²) in [6.07, 6.45) is 9.06. The van der Waals surface area contributed by atoms with Gasteiger partial charge in [-0.25, -0.2) is 4.79 Å². The molecule has 1 aliphatic carbocycles. The van der Waals surface area contributed by atoms with E-state index in [4.69, 9.17) is 20.7 Å². The Kier molecular flexibility index (Phi) is 11.5. The first kappa shape index (κ1) is 30.0. The van der Waals surface area contributed by atoms with Crippen LogP contribution in [-0.2, 0) is 9.59 Å². The molecule has 212 valence electrons. The van der Waals surface area contributed by atoms with E-state index in [1.165, 1.54) is 24.8 Å². The predicted molar refractivity (Wildman–Crippen MR) is 141 cm³/mol. The van der Waals surface area contributed by atoms with Crippen molar-refractivity contribution in [1.29, 1.82) is 0 Å². The van der Waals surface area contributed by atoms with Crippen molar-refractivity contribution in [3.8, 4) is 0 Å². The molecule has 0 aromatic heterocycles. The average Bonchev–Trinajstić information content (AvgIpc) is 3.16. The lowest BCUT2D eigenvalue weighted by molar-refractivity contribution is -0.143. The second-order valence-corrected chi connectivity index (χ2v) is 10.8. The fraction of sp³-hybridized carbons (Fsp3) is 0.679. The molecule has 2 amide bonds. The molecule has 1 unspecified atom stereocenters. The maximum Gasteiger partial charge on any atom is 0.329 e. The van der Waals surface area contributed by atoms with Crippen molar-refractivity contribution >= 4 is 17.8 Å². The molecule has 10 nitrogen and oxygen atoms in total. The highest BCUT2D eigenvalue weighted by atomic mass is 16.4. The molecule has 0 radical (unpaired) electrons. The van der Waals surface area contributed by atoms with Gasteiger partial charge in [0.1, 0.15) is 6.61 Å². The van der Waals surface area contributed by atoms with E-state index in [9.17, 15) is 19.8 Å². The molecular weight excluding hydrogens is 490 g/mol. The number of rotatable bonds is 10. The minimum Gasteiger partial charge on any atom is -0.480 e. The van der Waals surface area contributed by atoms with Crippen LogP contribution in [0, 0.1) is 5.92 Å². The summed E-state index contributed by atoms with van der Waals surface area (Å²) in [6, 6.07) is 8.69. The third kappa shape index (κ3) is 8.23. The molecule has 10 heteroatoms. The minimum absolute atomic E-state index is 0.339. The smallest absolute Gasteiger partial charge is 0.329 e. The summed E-state index contributed by atoms with van der Waals surface area (Å²) < 4.78 is 0. The third-order valence-corrected chi connectivity index (χ3v) is 8.26. The van der Waals surface area contributed by atoms with E-state index in [1.807, 2.05) is 12.1 Å². The van der Waals surface area contributed by atoms with Gasteiger partial charge in [-0.2, -0.15) is 0 Å². The number of nitrogens with two attached hydrogens (primary N) is 1. The quantitative estimate of drug-likeness (QED) is 0.300. The highest BCUT2D eigenvalue weighted by Gasteiger charge is 2.41. The van der Waals surface area contributed by atoms with Gasteiger partial charge in [-0.15, -0.1) is 0 Å². The van der Waals surface area contributed by atoms with Crippen molar-refractivity contribution < 1.29 is 34.8 Å². The number of aliphatic hydroxyl groups excluding tert-OH is 3. The largest absolute Gasteiger partial charge is 0.480 e. The number of aliphatic carboxylic acids is 1. The maximum absolute atomic E-state index is 12.8. The summed E-state index contributed by atoms with van der Waals surface area (Å²) in [6.45, 7) is 0.782. The zero-order chi connectivity index (χ0) is 27.7. The van der Waals surface area contributed by atoms with Crippen LogP contribution >= 0.6 is 0 Å². The van der Waals surface area contributed by atoms with E-state index < -0.39 is 25.3 Å². The maximum atomic E-state index is 12.8. The molecule has 3 aliphatic rings. The fourth-order valence-corrected chi connectivity index (χ4v) is 6.36. The Balaban J connectivity index is 0.000000732. The summed E-state index contributed by atoms with van der Waals surface area (Å²) in [5.41, 5.74) is 7.25. The van der Waals surface area contributed by atoms with E-state index >= 15 is 0 Å². The Morgan fingerprint density at radius 3 is 2.21 bits per heavy atom. The van der Waals surface area contributed by atoms with Gasteiger partial charge in [0.2, 0.25) is 5.91 Å². The molecule has 4 atom stereocenters. The summed E-state index contributed by atoms with van der Waals surface area (Å²) in [7, 11) is 0. The molecule has 1 saturated carbocycles. The number of carbonyl (C=O) groups excluding carboxylic acids is 2. The lowest BCUT2D eigenvalue weighted by Crippen LogP contribution is -2.50. The fourth-order valence-electron chi connectivity index (χ4n) is 6.36. The summed E-state index contributed by atoms with van der Waals surface area (Å²) in [4.78, 5) is 37.9. The summed E-state index contributed by atoms with van der Waals surface area (Å²) in [5.74, 6) is -0.994. The number of fused-ring (bicyclic) bond motifs is 2. The lowest BCUT2D eigenvalue weighted by atomic mass is 9.84. The Labute approximate surface area is 224 Å². The zero-order valence-corrected chi connectivity index (χ0v) is 22.1.